The fourth-order valence-electron chi connectivity index (χ4n) is 3.71. The first-order valence-corrected chi connectivity index (χ1v) is 8.86. The minimum Gasteiger partial charge on any atom is -0.478 e. The van der Waals surface area contributed by atoms with Gasteiger partial charge >= 0.3 is 5.97 Å². The molecule has 2 saturated heterocycles. The molecule has 1 atom stereocenters. The highest BCUT2D eigenvalue weighted by Gasteiger charge is 2.27. The lowest BCUT2D eigenvalue weighted by Crippen LogP contribution is -2.46. The molecule has 2 fully saturated rings. The van der Waals surface area contributed by atoms with Gasteiger partial charge in [-0.15, -0.1) is 0 Å². The van der Waals surface area contributed by atoms with E-state index < -0.39 is 5.97 Å². The molecule has 0 saturated carbocycles. The smallest absolute Gasteiger partial charge is 0.335 e. The van der Waals surface area contributed by atoms with Gasteiger partial charge in [0.1, 0.15) is 0 Å². The van der Waals surface area contributed by atoms with Crippen molar-refractivity contribution in [1.82, 2.24) is 4.90 Å². The average Bonchev–Trinajstić information content (AvgIpc) is 2.59. The van der Waals surface area contributed by atoms with Gasteiger partial charge in [-0.25, -0.2) is 4.79 Å². The normalized spacial score (nSPS) is 23.3. The van der Waals surface area contributed by atoms with Crippen LogP contribution in [0.25, 0.3) is 0 Å². The number of ether oxygens (including phenoxy) is 2. The number of hydrogen-bond acceptors (Lipinski definition) is 4. The highest BCUT2D eigenvalue weighted by atomic mass is 16.5. The molecular weight excluding hydrogens is 306 g/mol. The Morgan fingerprint density at radius 3 is 2.79 bits per heavy atom. The van der Waals surface area contributed by atoms with Crippen molar-refractivity contribution in [3.63, 3.8) is 0 Å². The first kappa shape index (κ1) is 17.4. The number of morpholine rings is 1. The summed E-state index contributed by atoms with van der Waals surface area (Å²) in [7, 11) is 0. The Morgan fingerprint density at radius 1 is 1.25 bits per heavy atom. The van der Waals surface area contributed by atoms with Gasteiger partial charge < -0.3 is 14.6 Å². The van der Waals surface area contributed by atoms with Crippen molar-refractivity contribution < 1.29 is 19.4 Å². The zero-order chi connectivity index (χ0) is 16.9. The molecule has 1 aromatic rings. The van der Waals surface area contributed by atoms with E-state index >= 15 is 0 Å². The molecule has 1 N–H and O–H groups in total. The maximum absolute atomic E-state index is 11.3. The number of benzene rings is 1. The van der Waals surface area contributed by atoms with Crippen LogP contribution in [0.15, 0.2) is 18.2 Å². The summed E-state index contributed by atoms with van der Waals surface area (Å²) in [5.41, 5.74) is 2.28. The van der Waals surface area contributed by atoms with Crippen molar-refractivity contribution in [2.45, 2.75) is 38.8 Å². The Kier molecular flexibility index (Phi) is 5.87. The first-order valence-electron chi connectivity index (χ1n) is 8.86. The summed E-state index contributed by atoms with van der Waals surface area (Å²) >= 11 is 0. The Labute approximate surface area is 143 Å². The molecule has 5 nitrogen and oxygen atoms in total. The molecule has 0 spiro atoms. The zero-order valence-electron chi connectivity index (χ0n) is 14.4. The van der Waals surface area contributed by atoms with Crippen molar-refractivity contribution in [3.8, 4) is 0 Å². The topological polar surface area (TPSA) is 59.0 Å². The van der Waals surface area contributed by atoms with Gasteiger partial charge in [0.15, 0.2) is 0 Å². The molecule has 2 heterocycles. The van der Waals surface area contributed by atoms with Crippen LogP contribution in [-0.2, 0) is 16.0 Å². The molecule has 2 aliphatic heterocycles. The monoisotopic (exact) mass is 333 g/mol. The molecule has 24 heavy (non-hydrogen) atoms. The third-order valence-electron chi connectivity index (χ3n) is 5.21. The lowest BCUT2D eigenvalue weighted by molar-refractivity contribution is -0.0290. The van der Waals surface area contributed by atoms with E-state index in [4.69, 9.17) is 9.47 Å². The second-order valence-corrected chi connectivity index (χ2v) is 6.95. The fraction of sp³-hybridized carbons (Fsp3) is 0.632. The largest absolute Gasteiger partial charge is 0.478 e. The van der Waals surface area contributed by atoms with Crippen molar-refractivity contribution in [2.24, 2.45) is 5.92 Å². The van der Waals surface area contributed by atoms with Gasteiger partial charge in [-0.3, -0.25) is 4.90 Å². The van der Waals surface area contributed by atoms with Crippen molar-refractivity contribution in [1.29, 1.82) is 0 Å². The minimum atomic E-state index is -0.852. The van der Waals surface area contributed by atoms with E-state index in [1.54, 1.807) is 0 Å². The highest BCUT2D eigenvalue weighted by molar-refractivity contribution is 5.89. The molecule has 0 aromatic heterocycles. The van der Waals surface area contributed by atoms with Crippen molar-refractivity contribution in [2.75, 3.05) is 33.0 Å². The van der Waals surface area contributed by atoms with Crippen LogP contribution in [0.5, 0.6) is 0 Å². The molecule has 132 valence electrons. The molecule has 2 aliphatic rings. The van der Waals surface area contributed by atoms with Crippen molar-refractivity contribution in [3.05, 3.63) is 34.9 Å². The van der Waals surface area contributed by atoms with Crippen LogP contribution >= 0.6 is 0 Å². The molecule has 1 unspecified atom stereocenters. The minimum absolute atomic E-state index is 0.404. The Morgan fingerprint density at radius 2 is 2.04 bits per heavy atom. The molecule has 3 rings (SSSR count). The lowest BCUT2D eigenvalue weighted by atomic mass is 9.91. The maximum atomic E-state index is 11.3. The lowest BCUT2D eigenvalue weighted by Gasteiger charge is -2.38. The van der Waals surface area contributed by atoms with Gasteiger partial charge in [0, 0.05) is 32.3 Å². The number of aryl methyl sites for hydroxylation is 1. The number of carboxylic acids is 1. The number of aromatic carboxylic acids is 1. The van der Waals surface area contributed by atoms with E-state index in [1.165, 1.54) is 0 Å². The van der Waals surface area contributed by atoms with E-state index in [0.717, 1.165) is 69.9 Å². The summed E-state index contributed by atoms with van der Waals surface area (Å²) in [6.07, 6.45) is 3.41. The van der Waals surface area contributed by atoms with E-state index in [1.807, 2.05) is 25.1 Å². The van der Waals surface area contributed by atoms with Crippen LogP contribution in [0.3, 0.4) is 0 Å². The van der Waals surface area contributed by atoms with E-state index in [-0.39, 0.29) is 0 Å². The number of rotatable bonds is 5. The third-order valence-corrected chi connectivity index (χ3v) is 5.21. The van der Waals surface area contributed by atoms with Gasteiger partial charge in [0.05, 0.1) is 18.8 Å². The highest BCUT2D eigenvalue weighted by Crippen LogP contribution is 2.25. The Hall–Kier alpha value is -1.43. The molecule has 0 aliphatic carbocycles. The molecule has 0 amide bonds. The summed E-state index contributed by atoms with van der Waals surface area (Å²) < 4.78 is 11.2. The van der Waals surface area contributed by atoms with Gasteiger partial charge in [0.2, 0.25) is 0 Å². The summed E-state index contributed by atoms with van der Waals surface area (Å²) in [6, 6.07) is 6.19. The van der Waals surface area contributed by atoms with Crippen LogP contribution in [-0.4, -0.2) is 55.0 Å². The van der Waals surface area contributed by atoms with Gasteiger partial charge in [0.25, 0.3) is 0 Å². The van der Waals surface area contributed by atoms with E-state index in [0.29, 0.717) is 17.5 Å². The predicted octanol–water partition coefficient (Wildman–Crippen LogP) is 2.71. The van der Waals surface area contributed by atoms with Gasteiger partial charge in [-0.2, -0.15) is 0 Å². The second kappa shape index (κ2) is 8.10. The predicted molar refractivity (Wildman–Crippen MR) is 91.3 cm³/mol. The van der Waals surface area contributed by atoms with Crippen LogP contribution < -0.4 is 0 Å². The van der Waals surface area contributed by atoms with Crippen LogP contribution in [0, 0.1) is 12.8 Å². The van der Waals surface area contributed by atoms with Crippen molar-refractivity contribution >= 4 is 5.97 Å². The van der Waals surface area contributed by atoms with Crippen LogP contribution in [0.2, 0.25) is 0 Å². The number of carboxylic acid groups (broad SMARTS) is 1. The molecule has 0 radical (unpaired) electrons. The molecule has 0 bridgehead atoms. The molecule has 5 heteroatoms. The number of nitrogens with zero attached hydrogens (tertiary/aromatic N) is 1. The summed E-state index contributed by atoms with van der Waals surface area (Å²) in [4.78, 5) is 13.8. The van der Waals surface area contributed by atoms with Crippen LogP contribution in [0.1, 0.15) is 40.7 Å². The van der Waals surface area contributed by atoms with Crippen LogP contribution in [0.4, 0.5) is 0 Å². The van der Waals surface area contributed by atoms with Gasteiger partial charge in [-0.05, 0) is 49.3 Å². The fourth-order valence-corrected chi connectivity index (χ4v) is 3.71. The molecule has 1 aromatic carbocycles. The summed E-state index contributed by atoms with van der Waals surface area (Å²) in [5, 5.41) is 9.32. The quantitative estimate of drug-likeness (QED) is 0.898. The maximum Gasteiger partial charge on any atom is 0.335 e. The molecular formula is C19H27NO4. The Bertz CT molecular complexity index is 568. The van der Waals surface area contributed by atoms with E-state index in [9.17, 15) is 9.90 Å². The zero-order valence-corrected chi connectivity index (χ0v) is 14.4. The second-order valence-electron chi connectivity index (χ2n) is 6.95. The SMILES string of the molecule is Cc1ccc(CN2CCOCC2CC2CCOCC2)cc1C(=O)O. The summed E-state index contributed by atoms with van der Waals surface area (Å²) in [6.45, 7) is 6.81. The van der Waals surface area contributed by atoms with E-state index in [2.05, 4.69) is 4.90 Å². The Balaban J connectivity index is 1.67. The third kappa shape index (κ3) is 4.35. The first-order chi connectivity index (χ1) is 11.6. The number of hydrogen-bond donors (Lipinski definition) is 1. The standard InChI is InChI=1S/C19H27NO4/c1-14-2-3-16(11-18(14)19(21)22)12-20-6-9-24-13-17(20)10-15-4-7-23-8-5-15/h2-3,11,15,17H,4-10,12-13H2,1H3,(H,21,22). The number of carbonyl (C=O) groups is 1. The summed E-state index contributed by atoms with van der Waals surface area (Å²) in [5.74, 6) is -0.143. The average molecular weight is 333 g/mol. The van der Waals surface area contributed by atoms with Gasteiger partial charge in [-0.1, -0.05) is 12.1 Å².